The molecule has 0 spiro atoms. The number of carbonyl (C=O) groups is 1. The number of nitrogens with one attached hydrogen (secondary N) is 1. The highest BCUT2D eigenvalue weighted by Gasteiger charge is 2.37. The number of fused-ring (bicyclic) bond motifs is 5. The number of likely N-dealkylation sites (tertiary alicyclic amines) is 1. The molecule has 7 heteroatoms. The van der Waals surface area contributed by atoms with Crippen molar-refractivity contribution in [3.05, 3.63) is 52.0 Å². The van der Waals surface area contributed by atoms with Gasteiger partial charge in [0.15, 0.2) is 0 Å². The highest BCUT2D eigenvalue weighted by molar-refractivity contribution is 5.92. The summed E-state index contributed by atoms with van der Waals surface area (Å²) < 4.78 is 4.00. The van der Waals surface area contributed by atoms with Crippen LogP contribution in [0, 0.1) is 5.92 Å². The molecule has 2 aromatic rings. The molecule has 0 unspecified atom stereocenters. The topological polar surface area (TPSA) is 72.2 Å². The first-order valence-corrected chi connectivity index (χ1v) is 9.45. The van der Waals surface area contributed by atoms with Crippen molar-refractivity contribution in [3.63, 3.8) is 0 Å². The standard InChI is InChI=1S/C19H23N5O2/c25-18-3-1-2-16-14-8-13(10-24(16)18)9-23(11-14)19(26)15-12-22-7-6-20-5-4-17(22)21-15/h1-3,12-14,20H,4-11H2/t13-,14+/m0/s1. The van der Waals surface area contributed by atoms with E-state index in [1.165, 1.54) is 0 Å². The average molecular weight is 353 g/mol. The van der Waals surface area contributed by atoms with Gasteiger partial charge in [-0.1, -0.05) is 6.07 Å². The number of hydrogen-bond acceptors (Lipinski definition) is 4. The molecule has 3 aliphatic heterocycles. The van der Waals surface area contributed by atoms with Gasteiger partial charge < -0.3 is 19.4 Å². The summed E-state index contributed by atoms with van der Waals surface area (Å²) in [6.07, 6.45) is 3.82. The normalized spacial score (nSPS) is 24.5. The van der Waals surface area contributed by atoms with Crippen molar-refractivity contribution in [2.24, 2.45) is 5.92 Å². The zero-order valence-corrected chi connectivity index (χ0v) is 14.7. The fourth-order valence-electron chi connectivity index (χ4n) is 4.70. The van der Waals surface area contributed by atoms with Crippen molar-refractivity contribution in [2.45, 2.75) is 31.8 Å². The summed E-state index contributed by atoms with van der Waals surface area (Å²) >= 11 is 0. The predicted octanol–water partition coefficient (Wildman–Crippen LogP) is 0.450. The number of aromatic nitrogens is 3. The van der Waals surface area contributed by atoms with Crippen LogP contribution in [0.1, 0.15) is 34.3 Å². The second-order valence-electron chi connectivity index (χ2n) is 7.64. The summed E-state index contributed by atoms with van der Waals surface area (Å²) in [5, 5.41) is 3.35. The fourth-order valence-corrected chi connectivity index (χ4v) is 4.70. The van der Waals surface area contributed by atoms with E-state index in [4.69, 9.17) is 0 Å². The largest absolute Gasteiger partial charge is 0.336 e. The second kappa shape index (κ2) is 6.09. The van der Waals surface area contributed by atoms with Crippen LogP contribution in [0.15, 0.2) is 29.2 Å². The van der Waals surface area contributed by atoms with Gasteiger partial charge in [0.2, 0.25) is 0 Å². The molecule has 2 atom stereocenters. The van der Waals surface area contributed by atoms with E-state index in [1.807, 2.05) is 27.8 Å². The summed E-state index contributed by atoms with van der Waals surface area (Å²) in [4.78, 5) is 31.8. The van der Waals surface area contributed by atoms with Crippen LogP contribution in [-0.2, 0) is 19.5 Å². The molecule has 2 bridgehead atoms. The average Bonchev–Trinajstić information content (AvgIpc) is 2.92. The van der Waals surface area contributed by atoms with E-state index in [2.05, 4.69) is 14.9 Å². The maximum Gasteiger partial charge on any atom is 0.274 e. The molecule has 1 amide bonds. The van der Waals surface area contributed by atoms with E-state index in [9.17, 15) is 9.59 Å². The van der Waals surface area contributed by atoms with Gasteiger partial charge in [-0.25, -0.2) is 4.98 Å². The number of amides is 1. The van der Waals surface area contributed by atoms with E-state index in [0.29, 0.717) is 31.2 Å². The molecule has 136 valence electrons. The lowest BCUT2D eigenvalue weighted by molar-refractivity contribution is 0.0589. The Morgan fingerprint density at radius 2 is 2.12 bits per heavy atom. The Kier molecular flexibility index (Phi) is 3.70. The van der Waals surface area contributed by atoms with Crippen molar-refractivity contribution < 1.29 is 4.79 Å². The molecule has 0 aromatic carbocycles. The molecule has 0 radical (unpaired) electrons. The minimum absolute atomic E-state index is 0.0277. The zero-order chi connectivity index (χ0) is 17.7. The number of carbonyl (C=O) groups excluding carboxylic acids is 1. The van der Waals surface area contributed by atoms with Crippen LogP contribution in [0.4, 0.5) is 0 Å². The van der Waals surface area contributed by atoms with Crippen LogP contribution in [-0.4, -0.2) is 51.1 Å². The number of piperidine rings is 1. The molecule has 1 saturated heterocycles. The fraction of sp³-hybridized carbons (Fsp3) is 0.526. The lowest BCUT2D eigenvalue weighted by Crippen LogP contribution is -2.49. The van der Waals surface area contributed by atoms with E-state index in [0.717, 1.165) is 44.0 Å². The highest BCUT2D eigenvalue weighted by atomic mass is 16.2. The number of rotatable bonds is 1. The van der Waals surface area contributed by atoms with E-state index < -0.39 is 0 Å². The predicted molar refractivity (Wildman–Crippen MR) is 96.3 cm³/mol. The number of hydrogen-bond donors (Lipinski definition) is 1. The Morgan fingerprint density at radius 3 is 3.04 bits per heavy atom. The summed E-state index contributed by atoms with van der Waals surface area (Å²) in [5.41, 5.74) is 1.70. The van der Waals surface area contributed by atoms with Gasteiger partial charge in [-0.2, -0.15) is 0 Å². The molecule has 5 rings (SSSR count). The maximum atomic E-state index is 13.1. The van der Waals surface area contributed by atoms with Crippen LogP contribution >= 0.6 is 0 Å². The number of imidazole rings is 1. The molecule has 1 N–H and O–H groups in total. The first-order chi connectivity index (χ1) is 12.7. The maximum absolute atomic E-state index is 13.1. The molecule has 5 heterocycles. The smallest absolute Gasteiger partial charge is 0.274 e. The molecule has 7 nitrogen and oxygen atoms in total. The van der Waals surface area contributed by atoms with Crippen molar-refractivity contribution >= 4 is 5.91 Å². The van der Waals surface area contributed by atoms with Crippen LogP contribution < -0.4 is 10.9 Å². The Labute approximate surface area is 151 Å². The SMILES string of the molecule is O=C(c1cn2c(n1)CCNCC2)N1C[C@@H]2C[C@H](C1)c1cccc(=O)n1C2. The van der Waals surface area contributed by atoms with Crippen molar-refractivity contribution in [1.82, 2.24) is 24.3 Å². The van der Waals surface area contributed by atoms with Gasteiger partial charge in [-0.05, 0) is 18.4 Å². The van der Waals surface area contributed by atoms with Crippen LogP contribution in [0.25, 0.3) is 0 Å². The van der Waals surface area contributed by atoms with Crippen molar-refractivity contribution in [1.29, 1.82) is 0 Å². The first kappa shape index (κ1) is 15.8. The summed E-state index contributed by atoms with van der Waals surface area (Å²) in [7, 11) is 0. The summed E-state index contributed by atoms with van der Waals surface area (Å²) in [5.74, 6) is 1.60. The summed E-state index contributed by atoms with van der Waals surface area (Å²) in [6, 6.07) is 5.48. The first-order valence-electron chi connectivity index (χ1n) is 9.45. The van der Waals surface area contributed by atoms with E-state index in [1.54, 1.807) is 6.07 Å². The van der Waals surface area contributed by atoms with Gasteiger partial charge in [-0.15, -0.1) is 0 Å². The van der Waals surface area contributed by atoms with Gasteiger partial charge in [-0.3, -0.25) is 9.59 Å². The molecule has 3 aliphatic rings. The number of nitrogens with zero attached hydrogens (tertiary/aromatic N) is 4. The third-order valence-electron chi connectivity index (χ3n) is 5.90. The Hall–Kier alpha value is -2.41. The molecule has 26 heavy (non-hydrogen) atoms. The summed E-state index contributed by atoms with van der Waals surface area (Å²) in [6.45, 7) is 4.76. The van der Waals surface area contributed by atoms with Crippen molar-refractivity contribution in [3.8, 4) is 0 Å². The highest BCUT2D eigenvalue weighted by Crippen LogP contribution is 2.35. The Bertz CT molecular complexity index is 891. The minimum Gasteiger partial charge on any atom is -0.336 e. The Balaban J connectivity index is 1.40. The minimum atomic E-state index is 0.0277. The monoisotopic (exact) mass is 353 g/mol. The van der Waals surface area contributed by atoms with Crippen LogP contribution in [0.5, 0.6) is 0 Å². The Morgan fingerprint density at radius 1 is 1.19 bits per heavy atom. The van der Waals surface area contributed by atoms with Gasteiger partial charge >= 0.3 is 0 Å². The van der Waals surface area contributed by atoms with Gasteiger partial charge in [0, 0.05) is 69.6 Å². The lowest BCUT2D eigenvalue weighted by atomic mass is 9.83. The van der Waals surface area contributed by atoms with Gasteiger partial charge in [0.1, 0.15) is 11.5 Å². The van der Waals surface area contributed by atoms with Gasteiger partial charge in [0.05, 0.1) is 0 Å². The number of pyridine rings is 1. The molecule has 0 saturated carbocycles. The molecular formula is C19H23N5O2. The molecule has 1 fully saturated rings. The van der Waals surface area contributed by atoms with Crippen LogP contribution in [0.2, 0.25) is 0 Å². The molecule has 2 aromatic heterocycles. The van der Waals surface area contributed by atoms with Gasteiger partial charge in [0.25, 0.3) is 11.5 Å². The van der Waals surface area contributed by atoms with E-state index in [-0.39, 0.29) is 17.4 Å². The molecule has 0 aliphatic carbocycles. The zero-order valence-electron chi connectivity index (χ0n) is 14.7. The third kappa shape index (κ3) is 2.58. The van der Waals surface area contributed by atoms with Crippen molar-refractivity contribution in [2.75, 3.05) is 26.2 Å². The third-order valence-corrected chi connectivity index (χ3v) is 5.90. The molecular weight excluding hydrogens is 330 g/mol. The van der Waals surface area contributed by atoms with E-state index >= 15 is 0 Å². The quantitative estimate of drug-likeness (QED) is 0.808. The lowest BCUT2D eigenvalue weighted by Gasteiger charge is -2.42. The van der Waals surface area contributed by atoms with Crippen LogP contribution in [0.3, 0.4) is 0 Å². The second-order valence-corrected chi connectivity index (χ2v) is 7.64.